The van der Waals surface area contributed by atoms with Gasteiger partial charge in [0.05, 0.1) is 17.0 Å². The Morgan fingerprint density at radius 3 is 2.33 bits per heavy atom. The van der Waals surface area contributed by atoms with E-state index in [1.54, 1.807) is 13.8 Å². The van der Waals surface area contributed by atoms with E-state index in [4.69, 9.17) is 21.4 Å². The van der Waals surface area contributed by atoms with Gasteiger partial charge in [0, 0.05) is 18.5 Å². The summed E-state index contributed by atoms with van der Waals surface area (Å²) in [6, 6.07) is -1.40. The van der Waals surface area contributed by atoms with Crippen molar-refractivity contribution in [3.05, 3.63) is 70.1 Å². The van der Waals surface area contributed by atoms with Crippen LogP contribution < -0.4 is 26.0 Å². The second-order valence-corrected chi connectivity index (χ2v) is 13.7. The molecule has 4 amide bonds. The molecule has 1 aromatic carbocycles. The quantitative estimate of drug-likeness (QED) is 0.117. The number of carbonyl (C=O) groups excluding carboxylic acids is 5. The molecular formula is C37H46ClN5O12. The van der Waals surface area contributed by atoms with Gasteiger partial charge in [-0.25, -0.2) is 9.59 Å². The van der Waals surface area contributed by atoms with Gasteiger partial charge in [-0.05, 0) is 52.3 Å². The minimum absolute atomic E-state index is 0.0309. The van der Waals surface area contributed by atoms with Crippen LogP contribution in [0.3, 0.4) is 0 Å². The van der Waals surface area contributed by atoms with Crippen molar-refractivity contribution in [2.75, 3.05) is 13.6 Å². The summed E-state index contributed by atoms with van der Waals surface area (Å²) in [6.07, 6.45) is 1.28. The van der Waals surface area contributed by atoms with Crippen molar-refractivity contribution in [1.82, 2.24) is 26.2 Å². The van der Waals surface area contributed by atoms with Crippen LogP contribution in [0.25, 0.3) is 0 Å². The van der Waals surface area contributed by atoms with Crippen LogP contribution in [0.15, 0.2) is 59.5 Å². The summed E-state index contributed by atoms with van der Waals surface area (Å²) < 4.78 is 6.31. The summed E-state index contributed by atoms with van der Waals surface area (Å²) in [5, 5.41) is 50.0. The third kappa shape index (κ3) is 9.78. The number of phenolic OH excluding ortho intramolecular Hbond substituents is 1. The predicted octanol–water partition coefficient (Wildman–Crippen LogP) is 1.60. The van der Waals surface area contributed by atoms with Gasteiger partial charge < -0.3 is 51.3 Å². The molecule has 8 N–H and O–H groups in total. The predicted molar refractivity (Wildman–Crippen MR) is 197 cm³/mol. The molecule has 0 aliphatic carbocycles. The summed E-state index contributed by atoms with van der Waals surface area (Å²) in [6.45, 7) is 11.5. The van der Waals surface area contributed by atoms with Crippen molar-refractivity contribution >= 4 is 53.0 Å². The molecule has 2 bridgehead atoms. The van der Waals surface area contributed by atoms with Crippen LogP contribution in [-0.2, 0) is 33.6 Å². The zero-order valence-electron chi connectivity index (χ0n) is 31.2. The van der Waals surface area contributed by atoms with Crippen LogP contribution in [0.2, 0.25) is 5.02 Å². The largest absolute Gasteiger partial charge is 0.503 e. The zero-order chi connectivity index (χ0) is 41.5. The van der Waals surface area contributed by atoms with E-state index in [9.17, 15) is 48.9 Å². The zero-order valence-corrected chi connectivity index (χ0v) is 31.9. The van der Waals surface area contributed by atoms with E-state index in [2.05, 4.69) is 22.5 Å². The first-order valence-electron chi connectivity index (χ1n) is 17.2. The highest BCUT2D eigenvalue weighted by Gasteiger charge is 2.47. The number of likely N-dealkylation sites (N-methyl/N-ethyl adjacent to an activating group) is 1. The maximum atomic E-state index is 14.7. The topological polar surface area (TPSA) is 261 Å². The van der Waals surface area contributed by atoms with Gasteiger partial charge in [0.1, 0.15) is 41.2 Å². The van der Waals surface area contributed by atoms with Crippen LogP contribution in [0.5, 0.6) is 11.5 Å². The fourth-order valence-electron chi connectivity index (χ4n) is 6.09. The van der Waals surface area contributed by atoms with Gasteiger partial charge in [-0.1, -0.05) is 55.8 Å². The first-order valence-corrected chi connectivity index (χ1v) is 17.6. The Labute approximate surface area is 322 Å². The van der Waals surface area contributed by atoms with Gasteiger partial charge in [0.2, 0.25) is 11.8 Å². The molecule has 0 spiro atoms. The molecule has 18 heteroatoms. The molecule has 298 valence electrons. The maximum Gasteiger partial charge on any atom is 0.352 e. The van der Waals surface area contributed by atoms with Crippen LogP contribution in [-0.4, -0.2) is 104 Å². The average molecular weight is 788 g/mol. The average Bonchev–Trinajstić information content (AvgIpc) is 3.62. The van der Waals surface area contributed by atoms with Gasteiger partial charge in [-0.15, -0.1) is 0 Å². The number of hydrogen-bond donors (Lipinski definition) is 8. The Morgan fingerprint density at radius 1 is 1.13 bits per heavy atom. The molecule has 3 aliphatic rings. The lowest BCUT2D eigenvalue weighted by molar-refractivity contribution is -0.149. The number of aliphatic carboxylic acids is 2. The maximum absolute atomic E-state index is 14.7. The van der Waals surface area contributed by atoms with Gasteiger partial charge >= 0.3 is 11.9 Å². The fraction of sp³-hybridized carbons (Fsp3) is 0.432. The number of Topliss-reactive ketones (excluding diaryl/α,β-unsaturated/α-hetero) is 1. The van der Waals surface area contributed by atoms with Crippen LogP contribution in [0.4, 0.5) is 0 Å². The van der Waals surface area contributed by atoms with Crippen molar-refractivity contribution in [3.8, 4) is 11.5 Å². The van der Waals surface area contributed by atoms with Gasteiger partial charge in [0.25, 0.3) is 11.8 Å². The lowest BCUT2D eigenvalue weighted by Gasteiger charge is -2.40. The number of aliphatic hydroxyl groups excluding tert-OH is 1. The molecule has 0 saturated heterocycles. The number of rotatable bonds is 11. The van der Waals surface area contributed by atoms with Crippen molar-refractivity contribution in [3.63, 3.8) is 0 Å². The first kappa shape index (κ1) is 43.9. The molecule has 0 aromatic heterocycles. The Balaban J connectivity index is 2.10. The number of carboxylic acids is 2. The van der Waals surface area contributed by atoms with Crippen molar-refractivity contribution in [2.45, 2.75) is 83.7 Å². The molecule has 0 saturated carbocycles. The number of hydrogen-bond acceptors (Lipinski definition) is 11. The smallest absolute Gasteiger partial charge is 0.352 e. The third-order valence-electron chi connectivity index (χ3n) is 9.61. The summed E-state index contributed by atoms with van der Waals surface area (Å²) in [4.78, 5) is 93.2. The summed E-state index contributed by atoms with van der Waals surface area (Å²) in [5.41, 5.74) is -2.46. The normalized spacial score (nSPS) is 24.9. The van der Waals surface area contributed by atoms with Crippen LogP contribution >= 0.6 is 11.6 Å². The number of fused-ring (bicyclic) bond motifs is 11. The number of allylic oxidation sites excluding steroid dienone is 1. The lowest BCUT2D eigenvalue weighted by atomic mass is 9.79. The highest BCUT2D eigenvalue weighted by Crippen LogP contribution is 2.43. The van der Waals surface area contributed by atoms with E-state index in [0.29, 0.717) is 5.57 Å². The molecule has 3 aliphatic heterocycles. The Morgan fingerprint density at radius 2 is 1.78 bits per heavy atom. The minimum Gasteiger partial charge on any atom is -0.503 e. The standard InChI is InChI=1S/C37H46ClN5O12/c1-8-18(5)28(33(50)40-21(36(53)54)16-25(45)46)42-32(49)22-11-10-14-43(22)35(52)20-15-23(44)27(17(3)4)41-34(51)29(39-7)30(47)19-12-13-24(31(48)26(19)38)55-37(20,6)9-2/h10-13,16,20,22,27,29-30,39,47-48H,3,8-9,14-15H2,1-2,4-7H3,(H,40,50)(H,41,51)(H,42,49)(H,45,46)(H,53,54)/b21-16+,28-18+/t20-,22+,27+,29+,30+,37-/m1/s1. The second-order valence-electron chi connectivity index (χ2n) is 13.3. The molecule has 55 heavy (non-hydrogen) atoms. The number of phenols is 1. The van der Waals surface area contributed by atoms with Gasteiger partial charge in [-0.2, -0.15) is 0 Å². The van der Waals surface area contributed by atoms with E-state index >= 15 is 0 Å². The summed E-state index contributed by atoms with van der Waals surface area (Å²) in [5.74, 6) is -9.82. The van der Waals surface area contributed by atoms with E-state index in [0.717, 1.165) is 4.90 Å². The third-order valence-corrected chi connectivity index (χ3v) is 10.0. The molecule has 4 rings (SSSR count). The monoisotopic (exact) mass is 787 g/mol. The molecule has 0 fully saturated rings. The number of ether oxygens (including phenoxy) is 1. The van der Waals surface area contributed by atoms with Crippen molar-refractivity contribution < 1.29 is 58.7 Å². The fourth-order valence-corrected chi connectivity index (χ4v) is 6.36. The SMILES string of the molecule is C=C(C)[C@@H]1NC(=O)[C@@H](NC)[C@@H](O)c2ccc(c(O)c2Cl)O[C@](C)(CC)[C@@H](C(=O)N2CC=C[C@H]2C(=O)N/C(C(=O)N/C(=C/C(=O)O)C(=O)O)=C(\C)CC)CC1=O. The molecule has 17 nitrogen and oxygen atoms in total. The molecule has 0 radical (unpaired) electrons. The van der Waals surface area contributed by atoms with E-state index in [-0.39, 0.29) is 53.1 Å². The number of halogens is 1. The minimum atomic E-state index is -1.75. The summed E-state index contributed by atoms with van der Waals surface area (Å²) >= 11 is 6.49. The molecule has 3 heterocycles. The van der Waals surface area contributed by atoms with Crippen LogP contribution in [0, 0.1) is 5.92 Å². The summed E-state index contributed by atoms with van der Waals surface area (Å²) in [7, 11) is 1.40. The van der Waals surface area contributed by atoms with E-state index in [1.807, 2.05) is 5.32 Å². The Bertz CT molecular complexity index is 1870. The van der Waals surface area contributed by atoms with E-state index < -0.39 is 95.0 Å². The molecular weight excluding hydrogens is 742 g/mol. The number of carboxylic acid groups (broad SMARTS) is 2. The lowest BCUT2D eigenvalue weighted by Crippen LogP contribution is -2.56. The van der Waals surface area contributed by atoms with Gasteiger partial charge in [-0.3, -0.25) is 24.0 Å². The molecule has 6 atom stereocenters. The Hall–Kier alpha value is -5.52. The highest BCUT2D eigenvalue weighted by molar-refractivity contribution is 6.33. The van der Waals surface area contributed by atoms with Gasteiger partial charge in [0.15, 0.2) is 17.3 Å². The first-order chi connectivity index (χ1) is 25.7. The van der Waals surface area contributed by atoms with E-state index in [1.165, 1.54) is 52.1 Å². The number of carbonyl (C=O) groups is 7. The Kier molecular flexibility index (Phi) is 14.5. The molecule has 1 aromatic rings. The number of nitrogens with one attached hydrogen (secondary N) is 4. The van der Waals surface area contributed by atoms with Crippen LogP contribution in [0.1, 0.15) is 65.5 Å². The van der Waals surface area contributed by atoms with Crippen molar-refractivity contribution in [1.29, 1.82) is 0 Å². The number of amides is 4. The second kappa shape index (κ2) is 18.2. The van der Waals surface area contributed by atoms with Crippen molar-refractivity contribution in [2.24, 2.45) is 5.92 Å². The number of aliphatic hydroxyl groups is 1. The number of aromatic hydroxyl groups is 1. The number of benzene rings is 1. The molecule has 0 unspecified atom stereocenters. The number of ketones is 1. The number of nitrogens with zero attached hydrogens (tertiary/aromatic N) is 1. The highest BCUT2D eigenvalue weighted by atomic mass is 35.5.